The molecule has 2 rings (SSSR count). The van der Waals surface area contributed by atoms with E-state index in [0.717, 1.165) is 0 Å². The molecule has 1 atom stereocenters. The summed E-state index contributed by atoms with van der Waals surface area (Å²) in [5.74, 6) is -0.0675. The molecule has 0 bridgehead atoms. The van der Waals surface area contributed by atoms with Gasteiger partial charge in [-0.2, -0.15) is 0 Å². The zero-order valence-corrected chi connectivity index (χ0v) is 15.6. The van der Waals surface area contributed by atoms with Crippen molar-refractivity contribution in [3.8, 4) is 5.75 Å². The monoisotopic (exact) mass is 361 g/mol. The van der Waals surface area contributed by atoms with Gasteiger partial charge in [0.2, 0.25) is 5.91 Å². The average Bonchev–Trinajstić information content (AvgIpc) is 3.05. The molecule has 6 nitrogen and oxygen atoms in total. The molecule has 1 unspecified atom stereocenters. The number of nitrogens with zero attached hydrogens (tertiary/aromatic N) is 1. The lowest BCUT2D eigenvalue weighted by Crippen LogP contribution is -2.40. The molecule has 2 N–H and O–H groups in total. The number of benzene rings is 1. The molecule has 25 heavy (non-hydrogen) atoms. The largest absolute Gasteiger partial charge is 0.481 e. The first-order valence-electron chi connectivity index (χ1n) is 8.00. The highest BCUT2D eigenvalue weighted by Gasteiger charge is 2.17. The molecular formula is C18H23N3O3S. The van der Waals surface area contributed by atoms with Gasteiger partial charge >= 0.3 is 0 Å². The molecule has 2 aromatic rings. The lowest BCUT2D eigenvalue weighted by Gasteiger charge is -2.20. The van der Waals surface area contributed by atoms with Gasteiger partial charge in [-0.05, 0) is 30.0 Å². The molecule has 0 fully saturated rings. The number of rotatable bonds is 6. The Morgan fingerprint density at radius 2 is 1.92 bits per heavy atom. The normalized spacial score (nSPS) is 12.3. The van der Waals surface area contributed by atoms with Crippen LogP contribution in [0.1, 0.15) is 33.3 Å². The minimum atomic E-state index is -0.701. The van der Waals surface area contributed by atoms with Crippen molar-refractivity contribution in [2.24, 2.45) is 0 Å². The highest BCUT2D eigenvalue weighted by atomic mass is 32.1. The minimum Gasteiger partial charge on any atom is -0.481 e. The Hall–Kier alpha value is -2.41. The zero-order chi connectivity index (χ0) is 18.4. The van der Waals surface area contributed by atoms with E-state index in [4.69, 9.17) is 4.74 Å². The molecule has 1 aromatic carbocycles. The lowest BCUT2D eigenvalue weighted by molar-refractivity contribution is -0.129. The van der Waals surface area contributed by atoms with Gasteiger partial charge < -0.3 is 15.4 Å². The fourth-order valence-corrected chi connectivity index (χ4v) is 2.60. The van der Waals surface area contributed by atoms with E-state index >= 15 is 0 Å². The van der Waals surface area contributed by atoms with Crippen molar-refractivity contribution < 1.29 is 14.3 Å². The second kappa shape index (κ2) is 8.11. The van der Waals surface area contributed by atoms with Crippen LogP contribution >= 0.6 is 11.3 Å². The number of anilines is 1. The number of aromatic nitrogens is 1. The van der Waals surface area contributed by atoms with E-state index in [0.29, 0.717) is 10.9 Å². The summed E-state index contributed by atoms with van der Waals surface area (Å²) in [6, 6.07) is 7.67. The number of amides is 2. The topological polar surface area (TPSA) is 80.3 Å². The summed E-state index contributed by atoms with van der Waals surface area (Å²) in [4.78, 5) is 27.7. The number of hydrogen-bond acceptors (Lipinski definition) is 5. The summed E-state index contributed by atoms with van der Waals surface area (Å²) in [5.41, 5.74) is 1.25. The van der Waals surface area contributed by atoms with Gasteiger partial charge in [-0.1, -0.05) is 32.9 Å². The maximum absolute atomic E-state index is 12.1. The number of carbonyl (C=O) groups is 2. The summed E-state index contributed by atoms with van der Waals surface area (Å²) in [5, 5.41) is 7.41. The summed E-state index contributed by atoms with van der Waals surface area (Å²) >= 11 is 1.32. The van der Waals surface area contributed by atoms with Crippen LogP contribution in [0, 0.1) is 0 Å². The molecule has 0 aliphatic heterocycles. The fourth-order valence-electron chi connectivity index (χ4n) is 2.05. The fraction of sp³-hybridized carbons (Fsp3) is 0.389. The van der Waals surface area contributed by atoms with Crippen molar-refractivity contribution in [2.75, 3.05) is 11.9 Å². The van der Waals surface area contributed by atoms with E-state index in [2.05, 4.69) is 36.4 Å². The van der Waals surface area contributed by atoms with Gasteiger partial charge in [0.25, 0.3) is 5.91 Å². The molecule has 2 amide bonds. The van der Waals surface area contributed by atoms with Crippen molar-refractivity contribution in [3.05, 3.63) is 41.4 Å². The third kappa shape index (κ3) is 5.86. The van der Waals surface area contributed by atoms with Gasteiger partial charge in [0.05, 0.1) is 6.54 Å². The number of nitrogens with one attached hydrogen (secondary N) is 2. The Morgan fingerprint density at radius 1 is 1.24 bits per heavy atom. The standard InChI is InChI=1S/C18H23N3O3S/c1-12(24-14-7-5-13(6-8-14)18(2,3)4)16(23)20-11-15(22)21-17-19-9-10-25-17/h5-10,12H,11H2,1-4H3,(H,20,23)(H,19,21,22). The molecule has 0 saturated heterocycles. The maximum Gasteiger partial charge on any atom is 0.261 e. The van der Waals surface area contributed by atoms with E-state index in [9.17, 15) is 9.59 Å². The first-order valence-corrected chi connectivity index (χ1v) is 8.88. The van der Waals surface area contributed by atoms with Gasteiger partial charge in [-0.3, -0.25) is 9.59 Å². The predicted molar refractivity (Wildman–Crippen MR) is 99.0 cm³/mol. The van der Waals surface area contributed by atoms with Gasteiger partial charge in [0.15, 0.2) is 11.2 Å². The Morgan fingerprint density at radius 3 is 2.48 bits per heavy atom. The number of thiazole rings is 1. The Balaban J connectivity index is 1.80. The van der Waals surface area contributed by atoms with Gasteiger partial charge in [-0.25, -0.2) is 4.98 Å². The van der Waals surface area contributed by atoms with Crippen molar-refractivity contribution in [3.63, 3.8) is 0 Å². The van der Waals surface area contributed by atoms with E-state index in [-0.39, 0.29) is 23.8 Å². The van der Waals surface area contributed by atoms with Crippen LogP contribution in [0.2, 0.25) is 0 Å². The van der Waals surface area contributed by atoms with Crippen molar-refractivity contribution in [1.82, 2.24) is 10.3 Å². The third-order valence-corrected chi connectivity index (χ3v) is 4.19. The van der Waals surface area contributed by atoms with Crippen LogP contribution in [0.15, 0.2) is 35.8 Å². The minimum absolute atomic E-state index is 0.0618. The van der Waals surface area contributed by atoms with Crippen molar-refractivity contribution >= 4 is 28.3 Å². The van der Waals surface area contributed by atoms with E-state index < -0.39 is 6.10 Å². The van der Waals surface area contributed by atoms with Gasteiger partial charge in [-0.15, -0.1) is 11.3 Å². The zero-order valence-electron chi connectivity index (χ0n) is 14.8. The van der Waals surface area contributed by atoms with E-state index in [1.807, 2.05) is 24.3 Å². The number of hydrogen-bond donors (Lipinski definition) is 2. The second-order valence-electron chi connectivity index (χ2n) is 6.64. The van der Waals surface area contributed by atoms with Crippen LogP contribution in [0.3, 0.4) is 0 Å². The summed E-state index contributed by atoms with van der Waals surface area (Å²) in [6.45, 7) is 7.92. The first-order chi connectivity index (χ1) is 11.8. The smallest absolute Gasteiger partial charge is 0.261 e. The molecule has 0 aliphatic carbocycles. The summed E-state index contributed by atoms with van der Waals surface area (Å²) in [7, 11) is 0. The maximum atomic E-state index is 12.1. The van der Waals surface area contributed by atoms with Crippen LogP contribution in [-0.2, 0) is 15.0 Å². The molecule has 1 aromatic heterocycles. The summed E-state index contributed by atoms with van der Waals surface area (Å²) in [6.07, 6.45) is 0.896. The van der Waals surface area contributed by atoms with E-state index in [1.165, 1.54) is 16.9 Å². The van der Waals surface area contributed by atoms with Gasteiger partial charge in [0.1, 0.15) is 5.75 Å². The molecule has 7 heteroatoms. The highest BCUT2D eigenvalue weighted by Crippen LogP contribution is 2.24. The molecule has 0 spiro atoms. The predicted octanol–water partition coefficient (Wildman–Crippen LogP) is 2.96. The van der Waals surface area contributed by atoms with Crippen LogP contribution in [0.4, 0.5) is 5.13 Å². The van der Waals surface area contributed by atoms with Crippen molar-refractivity contribution in [2.45, 2.75) is 39.2 Å². The molecule has 0 aliphatic rings. The molecule has 0 saturated carbocycles. The molecular weight excluding hydrogens is 338 g/mol. The second-order valence-corrected chi connectivity index (χ2v) is 7.53. The average molecular weight is 361 g/mol. The van der Waals surface area contributed by atoms with E-state index in [1.54, 1.807) is 18.5 Å². The SMILES string of the molecule is CC(Oc1ccc(C(C)(C)C)cc1)C(=O)NCC(=O)Nc1nccs1. The van der Waals surface area contributed by atoms with Gasteiger partial charge in [0, 0.05) is 11.6 Å². The number of carbonyl (C=O) groups excluding carboxylic acids is 2. The lowest BCUT2D eigenvalue weighted by atomic mass is 9.87. The Kier molecular flexibility index (Phi) is 6.14. The summed E-state index contributed by atoms with van der Waals surface area (Å²) < 4.78 is 5.63. The molecule has 1 heterocycles. The van der Waals surface area contributed by atoms with Crippen LogP contribution in [-0.4, -0.2) is 29.4 Å². The third-order valence-electron chi connectivity index (χ3n) is 3.50. The highest BCUT2D eigenvalue weighted by molar-refractivity contribution is 7.13. The van der Waals surface area contributed by atoms with Crippen LogP contribution in [0.5, 0.6) is 5.75 Å². The Bertz CT molecular complexity index is 706. The first kappa shape index (κ1) is 18.9. The quantitative estimate of drug-likeness (QED) is 0.829. The van der Waals surface area contributed by atoms with Crippen LogP contribution < -0.4 is 15.4 Å². The molecule has 0 radical (unpaired) electrons. The van der Waals surface area contributed by atoms with Crippen LogP contribution in [0.25, 0.3) is 0 Å². The Labute approximate surface area is 151 Å². The van der Waals surface area contributed by atoms with Crippen molar-refractivity contribution in [1.29, 1.82) is 0 Å². The number of ether oxygens (including phenoxy) is 1. The molecule has 134 valence electrons.